The summed E-state index contributed by atoms with van der Waals surface area (Å²) in [4.78, 5) is 25.4. The van der Waals surface area contributed by atoms with Crippen molar-refractivity contribution in [3.05, 3.63) is 58.1 Å². The highest BCUT2D eigenvalue weighted by Gasteiger charge is 2.48. The molecule has 7 nitrogen and oxygen atoms in total. The third-order valence-electron chi connectivity index (χ3n) is 5.59. The van der Waals surface area contributed by atoms with E-state index < -0.39 is 15.9 Å². The van der Waals surface area contributed by atoms with Gasteiger partial charge in [-0.05, 0) is 75.8 Å². The molecule has 0 amide bonds. The average Bonchev–Trinajstić information content (AvgIpc) is 2.66. The van der Waals surface area contributed by atoms with E-state index in [9.17, 15) is 14.9 Å². The molecule has 0 unspecified atom stereocenters. The summed E-state index contributed by atoms with van der Waals surface area (Å²) in [5.41, 5.74) is 2.16. The second-order valence-electron chi connectivity index (χ2n) is 8.19. The molecule has 0 saturated heterocycles. The number of benzene rings is 2. The Morgan fingerprint density at radius 3 is 2.17 bits per heavy atom. The Morgan fingerprint density at radius 2 is 1.59 bits per heavy atom. The molecule has 0 spiro atoms. The molecule has 1 heterocycles. The summed E-state index contributed by atoms with van der Waals surface area (Å²) in [7, 11) is 1.93. The van der Waals surface area contributed by atoms with E-state index in [-0.39, 0.29) is 11.5 Å². The Hall–Kier alpha value is -3.00. The number of anilines is 3. The number of ketones is 1. The highest BCUT2D eigenvalue weighted by atomic mass is 32.1. The minimum atomic E-state index is -0.629. The lowest BCUT2D eigenvalue weighted by molar-refractivity contribution is -0.384. The van der Waals surface area contributed by atoms with E-state index in [4.69, 9.17) is 12.2 Å². The number of thiocarbonyl (C=S) groups is 1. The maximum absolute atomic E-state index is 13.0. The zero-order chi connectivity index (χ0) is 21.6. The van der Waals surface area contributed by atoms with Crippen molar-refractivity contribution >= 4 is 45.9 Å². The molecule has 0 aliphatic carbocycles. The van der Waals surface area contributed by atoms with Crippen molar-refractivity contribution < 1.29 is 9.72 Å². The van der Waals surface area contributed by atoms with E-state index in [0.717, 1.165) is 16.9 Å². The molecular weight excluding hydrogens is 388 g/mol. The summed E-state index contributed by atoms with van der Waals surface area (Å²) in [5.74, 6) is 0.156. The van der Waals surface area contributed by atoms with Crippen LogP contribution in [0, 0.1) is 10.1 Å². The third kappa shape index (κ3) is 3.67. The number of nitrogens with one attached hydrogen (secondary N) is 2. The Labute approximate surface area is 175 Å². The largest absolute Gasteiger partial charge is 0.362 e. The molecule has 152 valence electrons. The lowest BCUT2D eigenvalue weighted by atomic mass is 9.69. The highest BCUT2D eigenvalue weighted by Crippen LogP contribution is 2.44. The maximum atomic E-state index is 13.0. The van der Waals surface area contributed by atoms with Crippen LogP contribution in [0.3, 0.4) is 0 Å². The predicted molar refractivity (Wildman–Crippen MR) is 120 cm³/mol. The molecule has 2 aromatic carbocycles. The summed E-state index contributed by atoms with van der Waals surface area (Å²) in [6.45, 7) is 7.77. The van der Waals surface area contributed by atoms with E-state index in [1.54, 1.807) is 12.1 Å². The van der Waals surface area contributed by atoms with Gasteiger partial charge in [-0.15, -0.1) is 0 Å². The van der Waals surface area contributed by atoms with Crippen LogP contribution in [0.25, 0.3) is 0 Å². The third-order valence-corrected chi connectivity index (χ3v) is 5.79. The van der Waals surface area contributed by atoms with Crippen LogP contribution in [0.15, 0.2) is 42.5 Å². The minimum absolute atomic E-state index is 0.0167. The normalized spacial score (nSPS) is 16.7. The number of nitro benzene ring substituents is 1. The quantitative estimate of drug-likeness (QED) is 0.437. The van der Waals surface area contributed by atoms with Crippen molar-refractivity contribution in [3.8, 4) is 0 Å². The predicted octanol–water partition coefficient (Wildman–Crippen LogP) is 4.48. The Bertz CT molecular complexity index is 999. The topological polar surface area (TPSA) is 87.5 Å². The molecule has 0 aromatic heterocycles. The first kappa shape index (κ1) is 20.7. The second kappa shape index (κ2) is 7.11. The first-order valence-electron chi connectivity index (χ1n) is 9.20. The summed E-state index contributed by atoms with van der Waals surface area (Å²) >= 11 is 5.36. The van der Waals surface area contributed by atoms with Gasteiger partial charge in [-0.2, -0.15) is 0 Å². The van der Waals surface area contributed by atoms with E-state index >= 15 is 0 Å². The SMILES string of the molecule is CN1c2ccc(NC(=S)Nc3ccc([N+](=O)[O-])cc3)cc2C(C)(C)C(=O)C1(C)C. The molecule has 3 rings (SSSR count). The van der Waals surface area contributed by atoms with Gasteiger partial charge in [-0.25, -0.2) is 0 Å². The van der Waals surface area contributed by atoms with Gasteiger partial charge in [0.25, 0.3) is 5.69 Å². The van der Waals surface area contributed by atoms with Crippen LogP contribution in [0.4, 0.5) is 22.7 Å². The number of non-ortho nitro benzene ring substituents is 1. The average molecular weight is 413 g/mol. The Kier molecular flexibility index (Phi) is 5.08. The summed E-state index contributed by atoms with van der Waals surface area (Å²) in [5, 5.41) is 17.2. The van der Waals surface area contributed by atoms with Gasteiger partial charge in [0.2, 0.25) is 0 Å². The van der Waals surface area contributed by atoms with Gasteiger partial charge in [0.1, 0.15) is 0 Å². The van der Waals surface area contributed by atoms with Crippen LogP contribution < -0.4 is 15.5 Å². The number of hydrogen-bond donors (Lipinski definition) is 2. The zero-order valence-corrected chi connectivity index (χ0v) is 17.9. The van der Waals surface area contributed by atoms with Crippen LogP contribution in [-0.2, 0) is 10.2 Å². The second-order valence-corrected chi connectivity index (χ2v) is 8.60. The summed E-state index contributed by atoms with van der Waals surface area (Å²) < 4.78 is 0. The molecule has 1 aliphatic rings. The summed E-state index contributed by atoms with van der Waals surface area (Å²) in [6, 6.07) is 11.9. The molecule has 2 N–H and O–H groups in total. The van der Waals surface area contributed by atoms with Gasteiger partial charge in [-0.3, -0.25) is 14.9 Å². The molecule has 2 aromatic rings. The first-order valence-corrected chi connectivity index (χ1v) is 9.61. The van der Waals surface area contributed by atoms with Crippen LogP contribution in [0.1, 0.15) is 33.3 Å². The van der Waals surface area contributed by atoms with Gasteiger partial charge in [0.15, 0.2) is 10.9 Å². The molecule has 0 saturated carbocycles. The number of carbonyl (C=O) groups excluding carboxylic acids is 1. The van der Waals surface area contributed by atoms with Crippen molar-refractivity contribution in [2.24, 2.45) is 0 Å². The molecule has 29 heavy (non-hydrogen) atoms. The Morgan fingerprint density at radius 1 is 1.03 bits per heavy atom. The summed E-state index contributed by atoms with van der Waals surface area (Å²) in [6.07, 6.45) is 0. The highest BCUT2D eigenvalue weighted by molar-refractivity contribution is 7.80. The number of likely N-dealkylation sites (N-methyl/N-ethyl adjacent to an activating group) is 1. The number of nitro groups is 1. The number of nitrogens with zero attached hydrogens (tertiary/aromatic N) is 2. The number of fused-ring (bicyclic) bond motifs is 1. The molecule has 0 radical (unpaired) electrons. The van der Waals surface area contributed by atoms with Crippen molar-refractivity contribution in [1.29, 1.82) is 0 Å². The van der Waals surface area contributed by atoms with Gasteiger partial charge in [0.05, 0.1) is 15.9 Å². The minimum Gasteiger partial charge on any atom is -0.362 e. The maximum Gasteiger partial charge on any atom is 0.269 e. The molecule has 0 bridgehead atoms. The molecule has 0 atom stereocenters. The van der Waals surface area contributed by atoms with Gasteiger partial charge < -0.3 is 15.5 Å². The standard InChI is InChI=1S/C21H24N4O3S/c1-20(2)16-12-14(8-11-17(16)24(5)21(3,4)18(20)26)23-19(29)22-13-6-9-15(10-7-13)25(27)28/h6-12H,1-5H3,(H2,22,23,29). The van der Waals surface area contributed by atoms with E-state index in [1.807, 2.05) is 57.8 Å². The fourth-order valence-corrected chi connectivity index (χ4v) is 3.94. The molecular formula is C21H24N4O3S. The zero-order valence-electron chi connectivity index (χ0n) is 17.1. The van der Waals surface area contributed by atoms with Crippen LogP contribution >= 0.6 is 12.2 Å². The smallest absolute Gasteiger partial charge is 0.269 e. The van der Waals surface area contributed by atoms with Crippen molar-refractivity contribution in [3.63, 3.8) is 0 Å². The Balaban J connectivity index is 1.81. The lowest BCUT2D eigenvalue weighted by Gasteiger charge is -2.48. The van der Waals surface area contributed by atoms with Crippen LogP contribution in [0.5, 0.6) is 0 Å². The number of rotatable bonds is 3. The number of hydrogen-bond acceptors (Lipinski definition) is 5. The van der Waals surface area contributed by atoms with Crippen LogP contribution in [-0.4, -0.2) is 28.4 Å². The number of carbonyl (C=O) groups is 1. The fourth-order valence-electron chi connectivity index (χ4n) is 3.71. The van der Waals surface area contributed by atoms with E-state index in [1.165, 1.54) is 12.1 Å². The number of Topliss-reactive ketones (excluding diaryl/α,β-unsaturated/α-hetero) is 1. The van der Waals surface area contributed by atoms with Gasteiger partial charge >= 0.3 is 0 Å². The molecule has 1 aliphatic heterocycles. The van der Waals surface area contributed by atoms with Gasteiger partial charge in [-0.1, -0.05) is 0 Å². The van der Waals surface area contributed by atoms with Crippen molar-refractivity contribution in [2.45, 2.75) is 38.6 Å². The molecule has 8 heteroatoms. The van der Waals surface area contributed by atoms with E-state index in [2.05, 4.69) is 10.6 Å². The molecule has 0 fully saturated rings. The first-order chi connectivity index (χ1) is 13.4. The van der Waals surface area contributed by atoms with E-state index in [0.29, 0.717) is 10.8 Å². The van der Waals surface area contributed by atoms with Gasteiger partial charge in [0, 0.05) is 36.2 Å². The monoisotopic (exact) mass is 412 g/mol. The van der Waals surface area contributed by atoms with Crippen molar-refractivity contribution in [2.75, 3.05) is 22.6 Å². The fraction of sp³-hybridized carbons (Fsp3) is 0.333. The lowest BCUT2D eigenvalue weighted by Crippen LogP contribution is -2.58. The van der Waals surface area contributed by atoms with Crippen LogP contribution in [0.2, 0.25) is 0 Å². The van der Waals surface area contributed by atoms with Crippen molar-refractivity contribution in [1.82, 2.24) is 0 Å².